The average molecular weight is 451 g/mol. The van der Waals surface area contributed by atoms with Crippen molar-refractivity contribution in [1.82, 2.24) is 0 Å². The van der Waals surface area contributed by atoms with E-state index in [1.165, 1.54) is 70.6 Å². The van der Waals surface area contributed by atoms with Gasteiger partial charge in [-0.1, -0.05) is 84.0 Å². The number of carboxylic acids is 1. The SMILES string of the molecule is CC(=O)[C@H](O)[C@@H](O)[C@H](O)[C@H](O)CO.CCCCCCCCCCCCCCCC(=O)O. The van der Waals surface area contributed by atoms with E-state index in [2.05, 4.69) is 6.92 Å². The molecule has 6 N–H and O–H groups in total. The molecule has 186 valence electrons. The Bertz CT molecular complexity index is 430. The molecule has 0 aliphatic carbocycles. The number of rotatable bonds is 19. The molecule has 0 amide bonds. The largest absolute Gasteiger partial charge is 0.481 e. The van der Waals surface area contributed by atoms with Crippen LogP contribution < -0.4 is 0 Å². The summed E-state index contributed by atoms with van der Waals surface area (Å²) in [7, 11) is 0. The van der Waals surface area contributed by atoms with Gasteiger partial charge in [0.25, 0.3) is 0 Å². The number of aliphatic hydroxyl groups is 5. The van der Waals surface area contributed by atoms with Gasteiger partial charge in [-0.2, -0.15) is 0 Å². The zero-order valence-electron chi connectivity index (χ0n) is 19.4. The maximum atomic E-state index is 10.5. The molecule has 0 aromatic rings. The van der Waals surface area contributed by atoms with Crippen LogP contribution in [0.1, 0.15) is 104 Å². The third kappa shape index (κ3) is 20.6. The number of carbonyl (C=O) groups is 2. The molecule has 0 fully saturated rings. The van der Waals surface area contributed by atoms with Crippen LogP contribution in [0.15, 0.2) is 0 Å². The first-order valence-electron chi connectivity index (χ1n) is 11.7. The van der Waals surface area contributed by atoms with E-state index in [0.29, 0.717) is 6.42 Å². The molecule has 4 atom stereocenters. The zero-order chi connectivity index (χ0) is 24.1. The Morgan fingerprint density at radius 2 is 1.06 bits per heavy atom. The molecule has 0 unspecified atom stereocenters. The predicted molar refractivity (Wildman–Crippen MR) is 120 cm³/mol. The third-order valence-corrected chi connectivity index (χ3v) is 5.17. The Morgan fingerprint density at radius 1 is 0.677 bits per heavy atom. The number of hydrogen-bond donors (Lipinski definition) is 6. The number of unbranched alkanes of at least 4 members (excludes halogenated alkanes) is 12. The molecular formula is C23H46O8. The molecule has 31 heavy (non-hydrogen) atoms. The van der Waals surface area contributed by atoms with Crippen molar-refractivity contribution in [2.75, 3.05) is 6.61 Å². The van der Waals surface area contributed by atoms with Gasteiger partial charge >= 0.3 is 5.97 Å². The van der Waals surface area contributed by atoms with Crippen LogP contribution >= 0.6 is 0 Å². The highest BCUT2D eigenvalue weighted by Crippen LogP contribution is 2.12. The highest BCUT2D eigenvalue weighted by atomic mass is 16.4. The molecule has 0 saturated heterocycles. The standard InChI is InChI=1S/C16H32O2.C7H14O6/c1-2-3-4-5-6-7-8-9-10-11-12-13-14-15-16(17)18;1-3(9)5(11)7(13)6(12)4(10)2-8/h2-15H2,1H3,(H,17,18);4-8,10-13H,2H2,1H3/t;4-,5+,6-,7-/m.1/s1. The van der Waals surface area contributed by atoms with Crippen LogP contribution in [-0.2, 0) is 9.59 Å². The number of hydrogen-bond acceptors (Lipinski definition) is 7. The number of ketones is 1. The van der Waals surface area contributed by atoms with Crippen LogP contribution in [0.3, 0.4) is 0 Å². The summed E-state index contributed by atoms with van der Waals surface area (Å²) in [4.78, 5) is 20.8. The average Bonchev–Trinajstić information content (AvgIpc) is 2.74. The number of aliphatic carboxylic acids is 1. The first kappa shape index (κ1) is 32.1. The minimum atomic E-state index is -1.79. The zero-order valence-corrected chi connectivity index (χ0v) is 19.4. The van der Waals surface area contributed by atoms with Crippen LogP contribution in [0.4, 0.5) is 0 Å². The fraction of sp³-hybridized carbons (Fsp3) is 0.913. The molecule has 0 aliphatic heterocycles. The van der Waals surface area contributed by atoms with Gasteiger partial charge in [0.05, 0.1) is 6.61 Å². The van der Waals surface area contributed by atoms with Gasteiger partial charge in [-0.05, 0) is 13.3 Å². The predicted octanol–water partition coefficient (Wildman–Crippen LogP) is 2.56. The number of carbonyl (C=O) groups excluding carboxylic acids is 1. The topological polar surface area (TPSA) is 156 Å². The third-order valence-electron chi connectivity index (χ3n) is 5.17. The number of Topliss-reactive ketones (excluding diaryl/α,β-unsaturated/α-hetero) is 1. The Labute approximate surface area is 187 Å². The Balaban J connectivity index is 0. The lowest BCUT2D eigenvalue weighted by Crippen LogP contribution is -2.48. The van der Waals surface area contributed by atoms with Crippen molar-refractivity contribution in [3.8, 4) is 0 Å². The molecule has 0 aromatic heterocycles. The molecule has 0 rings (SSSR count). The van der Waals surface area contributed by atoms with Crippen molar-refractivity contribution in [2.24, 2.45) is 0 Å². The monoisotopic (exact) mass is 450 g/mol. The highest BCUT2D eigenvalue weighted by molar-refractivity contribution is 5.80. The summed E-state index contributed by atoms with van der Waals surface area (Å²) in [5, 5.41) is 52.8. The van der Waals surface area contributed by atoms with Gasteiger partial charge < -0.3 is 30.6 Å². The summed E-state index contributed by atoms with van der Waals surface area (Å²) in [5.74, 6) is -1.38. The second-order valence-electron chi connectivity index (χ2n) is 8.17. The van der Waals surface area contributed by atoms with Crippen molar-refractivity contribution in [2.45, 2.75) is 128 Å². The first-order valence-corrected chi connectivity index (χ1v) is 11.7. The Hall–Kier alpha value is -1.06. The molecule has 0 aliphatic rings. The van der Waals surface area contributed by atoms with E-state index in [-0.39, 0.29) is 0 Å². The van der Waals surface area contributed by atoms with Gasteiger partial charge in [-0.25, -0.2) is 0 Å². The summed E-state index contributed by atoms with van der Waals surface area (Å²) >= 11 is 0. The van der Waals surface area contributed by atoms with Gasteiger partial charge in [0.15, 0.2) is 5.78 Å². The van der Waals surface area contributed by atoms with Gasteiger partial charge in [0.2, 0.25) is 0 Å². The van der Waals surface area contributed by atoms with Crippen LogP contribution in [0, 0.1) is 0 Å². The molecular weight excluding hydrogens is 404 g/mol. The van der Waals surface area contributed by atoms with E-state index in [0.717, 1.165) is 19.8 Å². The van der Waals surface area contributed by atoms with Crippen LogP contribution in [-0.4, -0.2) is 73.4 Å². The summed E-state index contributed by atoms with van der Waals surface area (Å²) in [6.45, 7) is 2.53. The van der Waals surface area contributed by atoms with Crippen LogP contribution in [0.2, 0.25) is 0 Å². The fourth-order valence-corrected chi connectivity index (χ4v) is 3.06. The van der Waals surface area contributed by atoms with E-state index >= 15 is 0 Å². The maximum absolute atomic E-state index is 10.5. The molecule has 0 radical (unpaired) electrons. The van der Waals surface area contributed by atoms with Gasteiger partial charge in [0, 0.05) is 6.42 Å². The van der Waals surface area contributed by atoms with Gasteiger partial charge in [-0.3, -0.25) is 9.59 Å². The quantitative estimate of drug-likeness (QED) is 0.164. The normalized spacial score (nSPS) is 14.8. The lowest BCUT2D eigenvalue weighted by molar-refractivity contribution is -0.145. The highest BCUT2D eigenvalue weighted by Gasteiger charge is 2.32. The second kappa shape index (κ2) is 22.1. The minimum Gasteiger partial charge on any atom is -0.481 e. The minimum absolute atomic E-state index is 0.345. The Morgan fingerprint density at radius 3 is 1.39 bits per heavy atom. The van der Waals surface area contributed by atoms with E-state index in [1.807, 2.05) is 0 Å². The van der Waals surface area contributed by atoms with Crippen molar-refractivity contribution in [1.29, 1.82) is 0 Å². The molecule has 0 saturated carbocycles. The lowest BCUT2D eigenvalue weighted by atomic mass is 10.0. The molecule has 8 heteroatoms. The van der Waals surface area contributed by atoms with Crippen LogP contribution in [0.25, 0.3) is 0 Å². The second-order valence-corrected chi connectivity index (χ2v) is 8.17. The molecule has 0 bridgehead atoms. The molecule has 0 spiro atoms. The number of aliphatic hydroxyl groups excluding tert-OH is 5. The van der Waals surface area contributed by atoms with Crippen molar-refractivity contribution in [3.05, 3.63) is 0 Å². The van der Waals surface area contributed by atoms with E-state index in [9.17, 15) is 9.59 Å². The van der Waals surface area contributed by atoms with Crippen molar-refractivity contribution in [3.63, 3.8) is 0 Å². The smallest absolute Gasteiger partial charge is 0.303 e. The van der Waals surface area contributed by atoms with E-state index in [4.69, 9.17) is 30.6 Å². The van der Waals surface area contributed by atoms with E-state index in [1.54, 1.807) is 0 Å². The molecule has 8 nitrogen and oxygen atoms in total. The maximum Gasteiger partial charge on any atom is 0.303 e. The molecule has 0 aromatic carbocycles. The van der Waals surface area contributed by atoms with Crippen molar-refractivity contribution < 1.29 is 40.2 Å². The van der Waals surface area contributed by atoms with Crippen LogP contribution in [0.5, 0.6) is 0 Å². The van der Waals surface area contributed by atoms with Crippen molar-refractivity contribution >= 4 is 11.8 Å². The lowest BCUT2D eigenvalue weighted by Gasteiger charge is -2.23. The van der Waals surface area contributed by atoms with Gasteiger partial charge in [0.1, 0.15) is 24.4 Å². The summed E-state index contributed by atoms with van der Waals surface area (Å²) < 4.78 is 0. The van der Waals surface area contributed by atoms with Gasteiger partial charge in [-0.15, -0.1) is 0 Å². The van der Waals surface area contributed by atoms with E-state index < -0.39 is 42.8 Å². The summed E-state index contributed by atoms with van der Waals surface area (Å²) in [6, 6.07) is 0. The summed E-state index contributed by atoms with van der Waals surface area (Å²) in [5.41, 5.74) is 0. The summed E-state index contributed by atoms with van der Waals surface area (Å²) in [6.07, 6.45) is 10.4. The molecule has 0 heterocycles. The Kier molecular flexibility index (Phi) is 22.9. The first-order chi connectivity index (χ1) is 14.7. The number of carboxylic acid groups (broad SMARTS) is 1. The fourth-order valence-electron chi connectivity index (χ4n) is 3.06.